The molecule has 1 atom stereocenters. The van der Waals surface area contributed by atoms with Crippen molar-refractivity contribution in [3.63, 3.8) is 0 Å². The minimum Gasteiger partial charge on any atom is -0.481 e. The summed E-state index contributed by atoms with van der Waals surface area (Å²) in [7, 11) is 0. The van der Waals surface area contributed by atoms with E-state index < -0.39 is 11.4 Å². The van der Waals surface area contributed by atoms with E-state index in [-0.39, 0.29) is 5.82 Å². The first kappa shape index (κ1) is 17.4. The summed E-state index contributed by atoms with van der Waals surface area (Å²) in [6.45, 7) is 5.66. The lowest BCUT2D eigenvalue weighted by molar-refractivity contribution is -0.152. The van der Waals surface area contributed by atoms with Gasteiger partial charge in [0.2, 0.25) is 0 Å². The number of piperidine rings is 1. The molecule has 2 aromatic rings. The van der Waals surface area contributed by atoms with Crippen LogP contribution >= 0.6 is 0 Å². The van der Waals surface area contributed by atoms with Crippen LogP contribution < -0.4 is 0 Å². The zero-order chi connectivity index (χ0) is 17.9. The number of allylic oxidation sites excluding steroid dienone is 1. The molecule has 0 amide bonds. The number of likely N-dealkylation sites (tertiary alicyclic amines) is 1. The monoisotopic (exact) mass is 343 g/mol. The van der Waals surface area contributed by atoms with Gasteiger partial charge in [-0.2, -0.15) is 5.10 Å². The Hall–Kier alpha value is -2.47. The molecule has 1 aliphatic rings. The van der Waals surface area contributed by atoms with Gasteiger partial charge >= 0.3 is 5.97 Å². The van der Waals surface area contributed by atoms with Crippen molar-refractivity contribution in [1.29, 1.82) is 0 Å². The van der Waals surface area contributed by atoms with Crippen molar-refractivity contribution >= 4 is 5.97 Å². The van der Waals surface area contributed by atoms with E-state index >= 15 is 0 Å². The molecule has 2 heterocycles. The number of nitrogens with one attached hydrogen (secondary N) is 1. The summed E-state index contributed by atoms with van der Waals surface area (Å²) >= 11 is 0. The molecular formula is C19H22FN3O2. The van der Waals surface area contributed by atoms with Crippen LogP contribution in [0.25, 0.3) is 11.3 Å². The van der Waals surface area contributed by atoms with E-state index in [0.29, 0.717) is 25.9 Å². The Balaban J connectivity index is 1.79. The molecule has 5 nitrogen and oxygen atoms in total. The molecule has 3 rings (SSSR count). The number of carboxylic acids is 1. The highest BCUT2D eigenvalue weighted by Crippen LogP contribution is 2.35. The molecule has 1 saturated heterocycles. The Morgan fingerprint density at radius 3 is 2.88 bits per heavy atom. The summed E-state index contributed by atoms with van der Waals surface area (Å²) in [5, 5.41) is 16.8. The van der Waals surface area contributed by atoms with Gasteiger partial charge in [-0.15, -0.1) is 6.58 Å². The number of H-pyrrole nitrogens is 1. The molecule has 1 fully saturated rings. The molecular weight excluding hydrogens is 321 g/mol. The summed E-state index contributed by atoms with van der Waals surface area (Å²) < 4.78 is 13.1. The van der Waals surface area contributed by atoms with E-state index in [0.717, 1.165) is 29.8 Å². The number of benzene rings is 1. The Morgan fingerprint density at radius 2 is 2.20 bits per heavy atom. The zero-order valence-electron chi connectivity index (χ0n) is 14.0. The lowest BCUT2D eigenvalue weighted by Gasteiger charge is -2.39. The van der Waals surface area contributed by atoms with Crippen molar-refractivity contribution in [3.05, 3.63) is 54.5 Å². The van der Waals surface area contributed by atoms with Gasteiger partial charge in [0.15, 0.2) is 0 Å². The summed E-state index contributed by atoms with van der Waals surface area (Å²) in [5.41, 5.74) is 1.92. The molecule has 0 bridgehead atoms. The van der Waals surface area contributed by atoms with Crippen molar-refractivity contribution in [3.8, 4) is 11.3 Å². The van der Waals surface area contributed by atoms with Crippen molar-refractivity contribution in [2.24, 2.45) is 5.41 Å². The molecule has 0 aliphatic carbocycles. The highest BCUT2D eigenvalue weighted by atomic mass is 19.1. The van der Waals surface area contributed by atoms with Crippen LogP contribution in [0.2, 0.25) is 0 Å². The molecule has 0 spiro atoms. The molecule has 0 radical (unpaired) electrons. The van der Waals surface area contributed by atoms with E-state index in [2.05, 4.69) is 21.7 Å². The van der Waals surface area contributed by atoms with Gasteiger partial charge in [-0.25, -0.2) is 4.39 Å². The number of rotatable bonds is 6. The number of halogens is 1. The Bertz CT molecular complexity index is 756. The van der Waals surface area contributed by atoms with Crippen LogP contribution in [0.3, 0.4) is 0 Å². The first-order valence-electron chi connectivity index (χ1n) is 8.39. The lowest BCUT2D eigenvalue weighted by Crippen LogP contribution is -2.47. The van der Waals surface area contributed by atoms with Crippen molar-refractivity contribution in [2.75, 3.05) is 13.1 Å². The number of aliphatic carboxylic acids is 1. The normalized spacial score (nSPS) is 21.2. The van der Waals surface area contributed by atoms with Crippen molar-refractivity contribution < 1.29 is 14.3 Å². The van der Waals surface area contributed by atoms with Crippen molar-refractivity contribution in [2.45, 2.75) is 25.8 Å². The molecule has 1 aromatic heterocycles. The topological polar surface area (TPSA) is 69.2 Å². The van der Waals surface area contributed by atoms with Crippen LogP contribution in [-0.4, -0.2) is 39.3 Å². The zero-order valence-corrected chi connectivity index (χ0v) is 14.0. The average Bonchev–Trinajstić information content (AvgIpc) is 3.04. The summed E-state index contributed by atoms with van der Waals surface area (Å²) in [6.07, 6.45) is 5.42. The largest absolute Gasteiger partial charge is 0.481 e. The van der Waals surface area contributed by atoms with Crippen LogP contribution in [-0.2, 0) is 11.3 Å². The molecule has 1 aromatic carbocycles. The third-order valence-corrected chi connectivity index (χ3v) is 4.89. The maximum Gasteiger partial charge on any atom is 0.311 e. The molecule has 6 heteroatoms. The van der Waals surface area contributed by atoms with Crippen LogP contribution in [0.1, 0.15) is 24.8 Å². The molecule has 1 aliphatic heterocycles. The van der Waals surface area contributed by atoms with Crippen LogP contribution in [0.4, 0.5) is 4.39 Å². The fourth-order valence-corrected chi connectivity index (χ4v) is 3.61. The lowest BCUT2D eigenvalue weighted by atomic mass is 9.77. The smallest absolute Gasteiger partial charge is 0.311 e. The second-order valence-electron chi connectivity index (χ2n) is 6.67. The maximum atomic E-state index is 13.1. The van der Waals surface area contributed by atoms with Gasteiger partial charge in [-0.3, -0.25) is 14.8 Å². The Kier molecular flexibility index (Phi) is 4.99. The number of carbonyl (C=O) groups is 1. The standard InChI is InChI=1S/C19H22FN3O2/c1-2-8-19(18(24)25)9-3-10-23(13-19)12-15-11-21-22-17(15)14-4-6-16(20)7-5-14/h2,4-7,11H,1,3,8-10,12-13H2,(H,21,22)(H,24,25)/t19-/m0/s1. The molecule has 0 unspecified atom stereocenters. The highest BCUT2D eigenvalue weighted by Gasteiger charge is 2.41. The van der Waals surface area contributed by atoms with E-state index in [9.17, 15) is 14.3 Å². The minimum absolute atomic E-state index is 0.281. The number of hydrogen-bond donors (Lipinski definition) is 2. The second kappa shape index (κ2) is 7.19. The minimum atomic E-state index is -0.764. The third-order valence-electron chi connectivity index (χ3n) is 4.89. The third kappa shape index (κ3) is 3.64. The number of aromatic amines is 1. The predicted molar refractivity (Wildman–Crippen MR) is 93.4 cm³/mol. The first-order chi connectivity index (χ1) is 12.0. The summed E-state index contributed by atoms with van der Waals surface area (Å²) in [5.74, 6) is -1.04. The van der Waals surface area contributed by atoms with Crippen LogP contribution in [0, 0.1) is 11.2 Å². The average molecular weight is 343 g/mol. The summed E-state index contributed by atoms with van der Waals surface area (Å²) in [6, 6.07) is 6.25. The Morgan fingerprint density at radius 1 is 1.44 bits per heavy atom. The van der Waals surface area contributed by atoms with E-state index in [1.54, 1.807) is 24.4 Å². The maximum absolute atomic E-state index is 13.1. The van der Waals surface area contributed by atoms with E-state index in [4.69, 9.17) is 0 Å². The Labute approximate surface area is 146 Å². The van der Waals surface area contributed by atoms with Gasteiger partial charge in [0.1, 0.15) is 5.82 Å². The molecule has 132 valence electrons. The SMILES string of the molecule is C=CC[C@]1(C(=O)O)CCCN(Cc2cn[nH]c2-c2ccc(F)cc2)C1. The number of carboxylic acid groups (broad SMARTS) is 1. The van der Waals surface area contributed by atoms with Gasteiger partial charge in [0, 0.05) is 24.2 Å². The second-order valence-corrected chi connectivity index (χ2v) is 6.67. The number of hydrogen-bond acceptors (Lipinski definition) is 3. The number of aromatic nitrogens is 2. The molecule has 0 saturated carbocycles. The van der Waals surface area contributed by atoms with Crippen LogP contribution in [0.5, 0.6) is 0 Å². The highest BCUT2D eigenvalue weighted by molar-refractivity contribution is 5.75. The summed E-state index contributed by atoms with van der Waals surface area (Å²) in [4.78, 5) is 14.0. The number of nitrogens with zero attached hydrogens (tertiary/aromatic N) is 2. The van der Waals surface area contributed by atoms with Gasteiger partial charge in [0.25, 0.3) is 0 Å². The molecule has 25 heavy (non-hydrogen) atoms. The quantitative estimate of drug-likeness (QED) is 0.788. The van der Waals surface area contributed by atoms with Gasteiger partial charge in [-0.05, 0) is 50.1 Å². The first-order valence-corrected chi connectivity index (χ1v) is 8.39. The van der Waals surface area contributed by atoms with E-state index in [1.165, 1.54) is 12.1 Å². The van der Waals surface area contributed by atoms with Gasteiger partial charge in [-0.1, -0.05) is 6.08 Å². The van der Waals surface area contributed by atoms with Gasteiger partial charge < -0.3 is 5.11 Å². The van der Waals surface area contributed by atoms with Crippen LogP contribution in [0.15, 0.2) is 43.1 Å². The fourth-order valence-electron chi connectivity index (χ4n) is 3.61. The predicted octanol–water partition coefficient (Wildman–Crippen LogP) is 3.46. The fraction of sp³-hybridized carbons (Fsp3) is 0.368. The van der Waals surface area contributed by atoms with E-state index in [1.807, 2.05) is 0 Å². The molecule has 2 N–H and O–H groups in total. The van der Waals surface area contributed by atoms with Gasteiger partial charge in [0.05, 0.1) is 17.3 Å². The van der Waals surface area contributed by atoms with Crippen molar-refractivity contribution in [1.82, 2.24) is 15.1 Å².